The van der Waals surface area contributed by atoms with Gasteiger partial charge in [0.2, 0.25) is 0 Å². The van der Waals surface area contributed by atoms with Gasteiger partial charge in [-0.2, -0.15) is 0 Å². The number of aliphatic hydroxyl groups excluding tert-OH is 1. The highest BCUT2D eigenvalue weighted by Gasteiger charge is 2.72. The quantitative estimate of drug-likeness (QED) is 0.366. The molecule has 1 aromatic carbocycles. The number of nitrogens with one attached hydrogen (secondary N) is 1. The molecule has 240 valence electrons. The predicted octanol–water partition coefficient (Wildman–Crippen LogP) is 9.31. The lowest BCUT2D eigenvalue weighted by atomic mass is 9.35. The molecule has 5 aliphatic rings. The number of ether oxygens (including phenoxy) is 2. The molecule has 1 aliphatic heterocycles. The number of benzene rings is 1. The molecule has 0 unspecified atom stereocenters. The van der Waals surface area contributed by atoms with Gasteiger partial charge in [0.15, 0.2) is 0 Å². The van der Waals surface area contributed by atoms with Gasteiger partial charge in [0.05, 0.1) is 17.3 Å². The van der Waals surface area contributed by atoms with Crippen molar-refractivity contribution < 1.29 is 19.4 Å². The van der Waals surface area contributed by atoms with E-state index in [-0.39, 0.29) is 57.1 Å². The summed E-state index contributed by atoms with van der Waals surface area (Å²) < 4.78 is 13.1. The van der Waals surface area contributed by atoms with Crippen LogP contribution in [0.1, 0.15) is 125 Å². The van der Waals surface area contributed by atoms with Crippen LogP contribution in [0, 0.1) is 52.3 Å². The molecule has 10 atom stereocenters. The van der Waals surface area contributed by atoms with Gasteiger partial charge in [0.1, 0.15) is 6.10 Å². The summed E-state index contributed by atoms with van der Waals surface area (Å²) in [5.74, 6) is 1.58. The molecule has 1 aromatic rings. The van der Waals surface area contributed by atoms with Crippen molar-refractivity contribution in [2.75, 3.05) is 5.32 Å². The minimum atomic E-state index is -0.353. The van der Waals surface area contributed by atoms with Crippen molar-refractivity contribution in [3.8, 4) is 0 Å². The first-order chi connectivity index (χ1) is 20.0. The van der Waals surface area contributed by atoms with Crippen LogP contribution in [0.25, 0.3) is 0 Å². The predicted molar refractivity (Wildman–Crippen MR) is 173 cm³/mol. The normalized spacial score (nSPS) is 46.7. The molecule has 2 N–H and O–H groups in total. The lowest BCUT2D eigenvalue weighted by Gasteiger charge is -2.70. The minimum absolute atomic E-state index is 0.0904. The third-order valence-corrected chi connectivity index (χ3v) is 14.6. The van der Waals surface area contributed by atoms with E-state index < -0.39 is 0 Å². The molecule has 1 saturated heterocycles. The second-order valence-corrected chi connectivity index (χ2v) is 17.7. The van der Waals surface area contributed by atoms with Crippen LogP contribution < -0.4 is 5.32 Å². The van der Waals surface area contributed by atoms with Crippen molar-refractivity contribution in [3.63, 3.8) is 0 Å². The van der Waals surface area contributed by atoms with Gasteiger partial charge in [-0.05, 0) is 144 Å². The zero-order valence-electron chi connectivity index (χ0n) is 28.5. The Morgan fingerprint density at radius 2 is 1.53 bits per heavy atom. The van der Waals surface area contributed by atoms with E-state index in [0.717, 1.165) is 56.2 Å². The molecule has 1 amide bonds. The molecule has 4 aliphatic carbocycles. The third kappa shape index (κ3) is 4.80. The summed E-state index contributed by atoms with van der Waals surface area (Å²) >= 11 is 0. The molecule has 1 heterocycles. The summed E-state index contributed by atoms with van der Waals surface area (Å²) in [6.45, 7) is 21.2. The van der Waals surface area contributed by atoms with Crippen molar-refractivity contribution in [3.05, 3.63) is 29.8 Å². The number of amides is 1. The number of anilines is 1. The van der Waals surface area contributed by atoms with Crippen LogP contribution in [0.3, 0.4) is 0 Å². The molecule has 0 radical (unpaired) electrons. The lowest BCUT2D eigenvalue weighted by molar-refractivity contribution is -0.257. The van der Waals surface area contributed by atoms with Crippen LogP contribution in [0.5, 0.6) is 0 Å². The summed E-state index contributed by atoms with van der Waals surface area (Å²) in [7, 11) is 0. The standard InChI is InChI=1S/C38H59NO4/c1-24-11-13-25(14-12-24)39-32(41)42-30-17-20-35(6)28(34(30,4)5)16-22-36(7)29(35)23-27(40)31-26(15-21-37(31,36)8)38(9)19-10-18-33(2,3)43-38/h11-14,26-31,40H,10,15-23H2,1-9H3,(H,39,41)/t26-,27+,28-,29+,30-,31-,35-,36+,37+,38+/m0/s1. The molecule has 5 heteroatoms. The highest BCUT2D eigenvalue weighted by Crippen LogP contribution is 2.76. The van der Waals surface area contributed by atoms with Crippen molar-refractivity contribution in [1.29, 1.82) is 0 Å². The van der Waals surface area contributed by atoms with E-state index in [1.165, 1.54) is 19.3 Å². The Kier molecular flexibility index (Phi) is 7.45. The van der Waals surface area contributed by atoms with E-state index in [4.69, 9.17) is 9.47 Å². The fourth-order valence-corrected chi connectivity index (χ4v) is 12.4. The monoisotopic (exact) mass is 593 g/mol. The molecule has 6 rings (SSSR count). The molecule has 0 aromatic heterocycles. The van der Waals surface area contributed by atoms with Crippen molar-refractivity contribution in [2.24, 2.45) is 45.3 Å². The van der Waals surface area contributed by atoms with Crippen LogP contribution >= 0.6 is 0 Å². The molecule has 0 bridgehead atoms. The number of hydrogen-bond donors (Lipinski definition) is 2. The maximum atomic E-state index is 13.0. The zero-order valence-corrected chi connectivity index (χ0v) is 28.5. The molecule has 5 nitrogen and oxygen atoms in total. The second kappa shape index (κ2) is 10.2. The number of aliphatic hydroxyl groups is 1. The summed E-state index contributed by atoms with van der Waals surface area (Å²) in [6.07, 6.45) is 10.1. The average molecular weight is 594 g/mol. The zero-order chi connectivity index (χ0) is 31.2. The fourth-order valence-electron chi connectivity index (χ4n) is 12.4. The van der Waals surface area contributed by atoms with E-state index in [1.807, 2.05) is 31.2 Å². The maximum absolute atomic E-state index is 13.0. The fraction of sp³-hybridized carbons (Fsp3) is 0.816. The summed E-state index contributed by atoms with van der Waals surface area (Å²) in [5.41, 5.74) is 1.90. The van der Waals surface area contributed by atoms with E-state index in [9.17, 15) is 9.90 Å². The number of carbonyl (C=O) groups is 1. The van der Waals surface area contributed by atoms with Gasteiger partial charge < -0.3 is 14.6 Å². The molecular formula is C38H59NO4. The smallest absolute Gasteiger partial charge is 0.411 e. The molecule has 4 saturated carbocycles. The maximum Gasteiger partial charge on any atom is 0.411 e. The number of aryl methyl sites for hydroxylation is 1. The summed E-state index contributed by atoms with van der Waals surface area (Å²) in [5, 5.41) is 15.1. The highest BCUT2D eigenvalue weighted by atomic mass is 16.6. The summed E-state index contributed by atoms with van der Waals surface area (Å²) in [6, 6.07) is 7.87. The average Bonchev–Trinajstić information content (AvgIpc) is 3.29. The largest absolute Gasteiger partial charge is 0.445 e. The Morgan fingerprint density at radius 3 is 2.21 bits per heavy atom. The second-order valence-electron chi connectivity index (χ2n) is 17.7. The van der Waals surface area contributed by atoms with Gasteiger partial charge in [-0.25, -0.2) is 4.79 Å². The Labute approximate surface area is 261 Å². The summed E-state index contributed by atoms with van der Waals surface area (Å²) in [4.78, 5) is 13.0. The van der Waals surface area contributed by atoms with Crippen molar-refractivity contribution in [1.82, 2.24) is 0 Å². The van der Waals surface area contributed by atoms with Gasteiger partial charge in [-0.15, -0.1) is 0 Å². The first kappa shape index (κ1) is 31.4. The SMILES string of the molecule is Cc1ccc(NC(=O)O[C@H]2CC[C@]3(C)[C@H]4C[C@@H](O)[C@@H]5[C@@H]([C@@]6(C)CCCC(C)(C)O6)CC[C@@]5(C)[C@]4(C)CC[C@H]3C2(C)C)cc1. The Balaban J connectivity index is 1.23. The van der Waals surface area contributed by atoms with Crippen LogP contribution in [0.15, 0.2) is 24.3 Å². The van der Waals surface area contributed by atoms with Crippen LogP contribution in [-0.2, 0) is 9.47 Å². The van der Waals surface area contributed by atoms with Gasteiger partial charge in [-0.3, -0.25) is 5.32 Å². The van der Waals surface area contributed by atoms with Gasteiger partial charge >= 0.3 is 6.09 Å². The van der Waals surface area contributed by atoms with Crippen molar-refractivity contribution in [2.45, 2.75) is 150 Å². The highest BCUT2D eigenvalue weighted by molar-refractivity contribution is 5.84. The Hall–Kier alpha value is -1.59. The van der Waals surface area contributed by atoms with Crippen LogP contribution in [0.4, 0.5) is 10.5 Å². The van der Waals surface area contributed by atoms with E-state index in [0.29, 0.717) is 17.8 Å². The van der Waals surface area contributed by atoms with Crippen molar-refractivity contribution >= 4 is 11.8 Å². The van der Waals surface area contributed by atoms with E-state index in [2.05, 4.69) is 60.7 Å². The number of hydrogen-bond acceptors (Lipinski definition) is 4. The van der Waals surface area contributed by atoms with E-state index >= 15 is 0 Å². The molecule has 5 fully saturated rings. The first-order valence-electron chi connectivity index (χ1n) is 17.4. The number of rotatable bonds is 3. The molecule has 43 heavy (non-hydrogen) atoms. The van der Waals surface area contributed by atoms with Gasteiger partial charge in [-0.1, -0.05) is 52.3 Å². The minimum Gasteiger partial charge on any atom is -0.445 e. The number of carbonyl (C=O) groups excluding carboxylic acids is 1. The topological polar surface area (TPSA) is 67.8 Å². The Morgan fingerprint density at radius 1 is 0.860 bits per heavy atom. The third-order valence-electron chi connectivity index (χ3n) is 14.6. The molecule has 0 spiro atoms. The first-order valence-corrected chi connectivity index (χ1v) is 17.4. The lowest BCUT2D eigenvalue weighted by Crippen LogP contribution is -2.67. The van der Waals surface area contributed by atoms with E-state index in [1.54, 1.807) is 0 Å². The van der Waals surface area contributed by atoms with Crippen LogP contribution in [0.2, 0.25) is 0 Å². The van der Waals surface area contributed by atoms with Crippen LogP contribution in [-0.4, -0.2) is 34.6 Å². The van der Waals surface area contributed by atoms with Gasteiger partial charge in [0, 0.05) is 11.1 Å². The Bertz CT molecular complexity index is 1220. The number of fused-ring (bicyclic) bond motifs is 5. The molecular weight excluding hydrogens is 534 g/mol. The van der Waals surface area contributed by atoms with Gasteiger partial charge in [0.25, 0.3) is 0 Å².